The Hall–Kier alpha value is -1.12. The molecule has 0 unspecified atom stereocenters. The second-order valence-electron chi connectivity index (χ2n) is 7.61. The first-order valence-electron chi connectivity index (χ1n) is 10.4. The van der Waals surface area contributed by atoms with Gasteiger partial charge in [-0.25, -0.2) is 0 Å². The minimum Gasteiger partial charge on any atom is -0.495 e. The predicted molar refractivity (Wildman–Crippen MR) is 105 cm³/mol. The van der Waals surface area contributed by atoms with Crippen molar-refractivity contribution in [2.24, 2.45) is 0 Å². The summed E-state index contributed by atoms with van der Waals surface area (Å²) >= 11 is 0. The zero-order valence-electron chi connectivity index (χ0n) is 17.4. The van der Waals surface area contributed by atoms with Crippen molar-refractivity contribution < 1.29 is 54.7 Å². The molecular weight excluding hydrogens is 416 g/mol. The summed E-state index contributed by atoms with van der Waals surface area (Å²) in [4.78, 5) is 0. The third-order valence-electron chi connectivity index (χ3n) is 5.28. The van der Waals surface area contributed by atoms with Crippen LogP contribution in [0.5, 0.6) is 0 Å². The highest BCUT2D eigenvalue weighted by atomic mass is 16.8. The highest BCUT2D eigenvalue weighted by Gasteiger charge is 2.59. The quantitative estimate of drug-likeness (QED) is 0.104. The van der Waals surface area contributed by atoms with Gasteiger partial charge in [-0.3, -0.25) is 0 Å². The Morgan fingerprint density at radius 1 is 0.903 bits per heavy atom. The van der Waals surface area contributed by atoms with Crippen LogP contribution >= 0.6 is 0 Å². The molecule has 0 amide bonds. The zero-order chi connectivity index (χ0) is 23.0. The summed E-state index contributed by atoms with van der Waals surface area (Å²) in [5.41, 5.74) is 0. The minimum absolute atomic E-state index is 0.462. The summed E-state index contributed by atoms with van der Waals surface area (Å²) in [6, 6.07) is 0. The first-order chi connectivity index (χ1) is 14.8. The molecule has 0 spiro atoms. The molecule has 0 radical (unpaired) electrons. The average molecular weight is 450 g/mol. The van der Waals surface area contributed by atoms with E-state index in [0.717, 1.165) is 19.3 Å². The Bertz CT molecular complexity index is 583. The lowest BCUT2D eigenvalue weighted by atomic mass is 9.99. The Labute approximate surface area is 180 Å². The number of rotatable bonds is 11. The van der Waals surface area contributed by atoms with Crippen LogP contribution < -0.4 is 0 Å². The standard InChI is InChI=1S/C20H34O11/c1-2-3-4-5-6-7-8-28-11-20(18(27)15(24)13(10-22)30-20)31-19-17(26)16(25)14(23)12(9-21)29-19/h5-8,12-19,21-27H,2-4,9-11H2,1H3/t12-,13-,14-,15-,16+,17-,18+,19-,20+/m1/s1. The third kappa shape index (κ3) is 6.23. The molecule has 0 aromatic rings. The van der Waals surface area contributed by atoms with E-state index in [1.54, 1.807) is 12.2 Å². The Kier molecular flexibility index (Phi) is 10.3. The maximum absolute atomic E-state index is 10.5. The number of hydrogen-bond donors (Lipinski definition) is 7. The van der Waals surface area contributed by atoms with Crippen molar-refractivity contribution in [3.8, 4) is 0 Å². The van der Waals surface area contributed by atoms with Gasteiger partial charge in [-0.15, -0.1) is 0 Å². The van der Waals surface area contributed by atoms with Crippen LogP contribution in [-0.2, 0) is 18.9 Å². The van der Waals surface area contributed by atoms with Gasteiger partial charge in [-0.05, 0) is 12.5 Å². The van der Waals surface area contributed by atoms with E-state index in [1.165, 1.54) is 6.26 Å². The van der Waals surface area contributed by atoms with Gasteiger partial charge in [-0.2, -0.15) is 0 Å². The van der Waals surface area contributed by atoms with Gasteiger partial charge in [-0.1, -0.05) is 31.9 Å². The van der Waals surface area contributed by atoms with E-state index in [-0.39, 0.29) is 0 Å². The monoisotopic (exact) mass is 450 g/mol. The van der Waals surface area contributed by atoms with Gasteiger partial charge in [0.1, 0.15) is 49.3 Å². The SMILES string of the molecule is CCCCC=CC=COC[C@@]1(O[C@H]2O[C@H](CO)[C@@H](O)[C@H](O)[C@H]2O)O[C@H](CO)[C@@H](O)[C@@H]1O. The van der Waals surface area contributed by atoms with Crippen LogP contribution in [0.4, 0.5) is 0 Å². The molecule has 2 saturated heterocycles. The molecule has 9 atom stereocenters. The largest absolute Gasteiger partial charge is 0.495 e. The summed E-state index contributed by atoms with van der Waals surface area (Å²) in [5.74, 6) is -2.07. The van der Waals surface area contributed by atoms with Crippen molar-refractivity contribution in [3.63, 3.8) is 0 Å². The first-order valence-corrected chi connectivity index (χ1v) is 10.4. The predicted octanol–water partition coefficient (Wildman–Crippen LogP) is -2.11. The highest BCUT2D eigenvalue weighted by molar-refractivity contribution is 5.01. The van der Waals surface area contributed by atoms with Gasteiger partial charge in [0.05, 0.1) is 19.5 Å². The molecule has 11 heteroatoms. The molecule has 2 aliphatic heterocycles. The van der Waals surface area contributed by atoms with Crippen LogP contribution in [0.2, 0.25) is 0 Å². The molecule has 31 heavy (non-hydrogen) atoms. The zero-order valence-corrected chi connectivity index (χ0v) is 17.4. The molecule has 0 aromatic heterocycles. The maximum Gasteiger partial charge on any atom is 0.235 e. The smallest absolute Gasteiger partial charge is 0.235 e. The minimum atomic E-state index is -2.07. The van der Waals surface area contributed by atoms with Gasteiger partial charge in [0.15, 0.2) is 6.29 Å². The fourth-order valence-corrected chi connectivity index (χ4v) is 3.38. The second-order valence-corrected chi connectivity index (χ2v) is 7.61. The third-order valence-corrected chi connectivity index (χ3v) is 5.28. The summed E-state index contributed by atoms with van der Waals surface area (Å²) < 4.78 is 21.8. The molecule has 2 rings (SSSR count). The van der Waals surface area contributed by atoms with E-state index in [9.17, 15) is 35.7 Å². The van der Waals surface area contributed by atoms with Crippen molar-refractivity contribution in [1.82, 2.24) is 0 Å². The van der Waals surface area contributed by atoms with E-state index < -0.39 is 74.6 Å². The summed E-state index contributed by atoms with van der Waals surface area (Å²) in [7, 11) is 0. The molecule has 2 heterocycles. The molecule has 11 nitrogen and oxygen atoms in total. The highest BCUT2D eigenvalue weighted by Crippen LogP contribution is 2.36. The fourth-order valence-electron chi connectivity index (χ4n) is 3.38. The number of unbranched alkanes of at least 4 members (excludes halogenated alkanes) is 2. The van der Waals surface area contributed by atoms with E-state index >= 15 is 0 Å². The fraction of sp³-hybridized carbons (Fsp3) is 0.800. The topological polar surface area (TPSA) is 179 Å². The van der Waals surface area contributed by atoms with Gasteiger partial charge in [0.2, 0.25) is 5.79 Å². The number of aliphatic hydroxyl groups excluding tert-OH is 7. The van der Waals surface area contributed by atoms with Crippen LogP contribution in [0.1, 0.15) is 26.2 Å². The van der Waals surface area contributed by atoms with Crippen molar-refractivity contribution in [2.75, 3.05) is 19.8 Å². The van der Waals surface area contributed by atoms with Crippen LogP contribution in [0, 0.1) is 0 Å². The molecule has 0 aromatic carbocycles. The van der Waals surface area contributed by atoms with Crippen LogP contribution in [0.15, 0.2) is 24.5 Å². The summed E-state index contributed by atoms with van der Waals surface area (Å²) in [6.45, 7) is 0.319. The normalized spacial score (nSPS) is 41.4. The van der Waals surface area contributed by atoms with Crippen LogP contribution in [0.25, 0.3) is 0 Å². The lowest BCUT2D eigenvalue weighted by Crippen LogP contribution is -2.62. The second kappa shape index (κ2) is 12.2. The van der Waals surface area contributed by atoms with Gasteiger partial charge in [0.25, 0.3) is 0 Å². The Morgan fingerprint density at radius 2 is 1.61 bits per heavy atom. The molecule has 2 aliphatic rings. The van der Waals surface area contributed by atoms with Gasteiger partial charge >= 0.3 is 0 Å². The first kappa shape index (κ1) is 26.1. The van der Waals surface area contributed by atoms with Gasteiger partial charge < -0.3 is 54.7 Å². The lowest BCUT2D eigenvalue weighted by molar-refractivity contribution is -0.383. The molecular formula is C20H34O11. The summed E-state index contributed by atoms with van der Waals surface area (Å²) in [5, 5.41) is 69.6. The van der Waals surface area contributed by atoms with Crippen LogP contribution in [0.3, 0.4) is 0 Å². The number of hydrogen-bond acceptors (Lipinski definition) is 11. The van der Waals surface area contributed by atoms with Crippen molar-refractivity contribution in [3.05, 3.63) is 24.5 Å². The molecule has 0 aliphatic carbocycles. The molecule has 0 bridgehead atoms. The van der Waals surface area contributed by atoms with Crippen LogP contribution in [-0.4, -0.2) is 110 Å². The molecule has 2 fully saturated rings. The van der Waals surface area contributed by atoms with E-state index in [4.69, 9.17) is 18.9 Å². The lowest BCUT2D eigenvalue weighted by Gasteiger charge is -2.43. The van der Waals surface area contributed by atoms with Gasteiger partial charge in [0, 0.05) is 0 Å². The summed E-state index contributed by atoms with van der Waals surface area (Å²) in [6.07, 6.45) is -2.69. The van der Waals surface area contributed by atoms with E-state index in [1.807, 2.05) is 6.08 Å². The Morgan fingerprint density at radius 3 is 2.23 bits per heavy atom. The number of ether oxygens (including phenoxy) is 4. The average Bonchev–Trinajstić information content (AvgIpc) is 3.00. The van der Waals surface area contributed by atoms with Crippen molar-refractivity contribution in [2.45, 2.75) is 81.0 Å². The number of allylic oxidation sites excluding steroid dienone is 3. The molecule has 7 N–H and O–H groups in total. The van der Waals surface area contributed by atoms with E-state index in [0.29, 0.717) is 0 Å². The van der Waals surface area contributed by atoms with Crippen molar-refractivity contribution >= 4 is 0 Å². The number of aliphatic hydroxyl groups is 7. The van der Waals surface area contributed by atoms with E-state index in [2.05, 4.69) is 6.92 Å². The molecule has 180 valence electrons. The maximum atomic E-state index is 10.5. The van der Waals surface area contributed by atoms with Crippen molar-refractivity contribution in [1.29, 1.82) is 0 Å². The Balaban J connectivity index is 2.12. The molecule has 0 saturated carbocycles.